The van der Waals surface area contributed by atoms with Crippen LogP contribution in [0.1, 0.15) is 49.4 Å². The number of aryl methyl sites for hydroxylation is 3. The molecule has 1 atom stereocenters. The van der Waals surface area contributed by atoms with E-state index in [1.54, 1.807) is 0 Å². The molecule has 1 aromatic carbocycles. The summed E-state index contributed by atoms with van der Waals surface area (Å²) in [5.41, 5.74) is 6.61. The Kier molecular flexibility index (Phi) is 7.17. The smallest absolute Gasteiger partial charge is 0.247 e. The van der Waals surface area contributed by atoms with Gasteiger partial charge in [-0.3, -0.25) is 14.5 Å². The molecule has 0 unspecified atom stereocenters. The van der Waals surface area contributed by atoms with Crippen LogP contribution in [0.25, 0.3) is 0 Å². The number of rotatable bonds is 6. The van der Waals surface area contributed by atoms with E-state index in [1.807, 2.05) is 49.1 Å². The van der Waals surface area contributed by atoms with Crippen LogP contribution in [0.15, 0.2) is 42.7 Å². The zero-order valence-corrected chi connectivity index (χ0v) is 19.0. The van der Waals surface area contributed by atoms with Crippen molar-refractivity contribution in [3.8, 4) is 6.07 Å². The number of nitrogens with zero attached hydrogens (tertiary/aromatic N) is 5. The van der Waals surface area contributed by atoms with E-state index < -0.39 is 0 Å². The Labute approximate surface area is 196 Å². The summed E-state index contributed by atoms with van der Waals surface area (Å²) < 4.78 is 1.92. The molecule has 4 rings (SSSR count). The van der Waals surface area contributed by atoms with Crippen LogP contribution in [0.3, 0.4) is 0 Å². The Morgan fingerprint density at radius 2 is 1.91 bits per heavy atom. The second kappa shape index (κ2) is 9.86. The van der Waals surface area contributed by atoms with Gasteiger partial charge >= 0.3 is 0 Å². The molecule has 0 saturated heterocycles. The van der Waals surface area contributed by atoms with Gasteiger partial charge in [-0.1, -0.05) is 33.4 Å². The molecule has 0 radical (unpaired) electrons. The van der Waals surface area contributed by atoms with Crippen molar-refractivity contribution >= 4 is 17.3 Å². The van der Waals surface area contributed by atoms with E-state index in [0.29, 0.717) is 12.1 Å². The topological polar surface area (TPSA) is 86.8 Å². The molecule has 172 valence electrons. The highest BCUT2D eigenvalue weighted by atomic mass is 16.2. The zero-order chi connectivity index (χ0) is 22.8. The number of aromatic nitrogens is 3. The molecule has 0 spiro atoms. The summed E-state index contributed by atoms with van der Waals surface area (Å²) >= 11 is 0. The van der Waals surface area contributed by atoms with Gasteiger partial charge in [-0.05, 0) is 55.0 Å². The third-order valence-electron chi connectivity index (χ3n) is 5.96. The van der Waals surface area contributed by atoms with Crippen LogP contribution in [0.5, 0.6) is 0 Å². The number of carbonyl (C=O) groups excluding carboxylic acids is 1. The Hall–Kier alpha value is -3.66. The Morgan fingerprint density at radius 1 is 1.18 bits per heavy atom. The van der Waals surface area contributed by atoms with Crippen molar-refractivity contribution in [3.05, 3.63) is 70.8 Å². The average Bonchev–Trinajstić information content (AvgIpc) is 3.21. The molecule has 2 aromatic heterocycles. The van der Waals surface area contributed by atoms with Gasteiger partial charge in [0.25, 0.3) is 0 Å². The third kappa shape index (κ3) is 5.06. The average molecular weight is 445 g/mol. The summed E-state index contributed by atoms with van der Waals surface area (Å²) in [6.45, 7) is 6.75. The molecule has 1 amide bonds. The van der Waals surface area contributed by atoms with Gasteiger partial charge in [0.2, 0.25) is 5.91 Å². The number of nitrogens with one attached hydrogen (secondary N) is 1. The summed E-state index contributed by atoms with van der Waals surface area (Å²) in [6.07, 6.45) is 5.59. The van der Waals surface area contributed by atoms with E-state index in [2.05, 4.69) is 47.5 Å². The number of carbonyl (C=O) groups is 1. The largest absolute Gasteiger partial charge is 0.361 e. The van der Waals surface area contributed by atoms with Gasteiger partial charge in [0, 0.05) is 18.9 Å². The van der Waals surface area contributed by atoms with E-state index in [-0.39, 0.29) is 25.3 Å². The second-order valence-electron chi connectivity index (χ2n) is 8.74. The number of fused-ring (bicyclic) bond motifs is 1. The van der Waals surface area contributed by atoms with Crippen molar-refractivity contribution in [2.45, 2.75) is 53.6 Å². The maximum Gasteiger partial charge on any atom is 0.247 e. The van der Waals surface area contributed by atoms with Crippen LogP contribution < -0.4 is 10.2 Å². The fourth-order valence-corrected chi connectivity index (χ4v) is 4.32. The molecule has 1 N–H and O–H groups in total. The lowest BCUT2D eigenvalue weighted by Crippen LogP contribution is -2.49. The molecule has 3 heterocycles. The summed E-state index contributed by atoms with van der Waals surface area (Å²) in [7, 11) is 1.98. The monoisotopic (exact) mass is 444 g/mol. The Bertz CT molecular complexity index is 1170. The van der Waals surface area contributed by atoms with E-state index >= 15 is 0 Å². The van der Waals surface area contributed by atoms with E-state index in [1.165, 1.54) is 0 Å². The summed E-state index contributed by atoms with van der Waals surface area (Å²) in [5.74, 6) is 0.245. The van der Waals surface area contributed by atoms with Crippen LogP contribution in [-0.2, 0) is 24.2 Å². The summed E-state index contributed by atoms with van der Waals surface area (Å²) in [5, 5.41) is 16.5. The highest BCUT2D eigenvalue weighted by Crippen LogP contribution is 2.35. The standard InChI is InChI=1S/C25H28N6O.CH4/c1-16(2)24-25(32)29-23-17(3)28-21(11-22(23)30(24)4)10-9-20-13-27-31(15-20)14-19-7-5-18(12-26)6-8-19;/h5-8,11,13,15-16,24H,9-10,14H2,1-4H3,(H,29,32);1H4/t24-;/m0./s1. The molecule has 7 nitrogen and oxygen atoms in total. The van der Waals surface area contributed by atoms with Gasteiger partial charge in [-0.2, -0.15) is 10.4 Å². The molecular formula is C26H32N6O. The third-order valence-corrected chi connectivity index (χ3v) is 5.96. The Morgan fingerprint density at radius 3 is 2.58 bits per heavy atom. The molecule has 0 saturated carbocycles. The summed E-state index contributed by atoms with van der Waals surface area (Å²) in [4.78, 5) is 19.3. The van der Waals surface area contributed by atoms with Gasteiger partial charge in [0.15, 0.2) is 0 Å². The molecule has 3 aromatic rings. The number of hydrogen-bond donors (Lipinski definition) is 1. The maximum atomic E-state index is 12.5. The highest BCUT2D eigenvalue weighted by molar-refractivity contribution is 6.04. The van der Waals surface area contributed by atoms with Crippen molar-refractivity contribution in [1.82, 2.24) is 14.8 Å². The van der Waals surface area contributed by atoms with Crippen LogP contribution in [-0.4, -0.2) is 33.8 Å². The lowest BCUT2D eigenvalue weighted by molar-refractivity contribution is -0.118. The van der Waals surface area contributed by atoms with Crippen LogP contribution >= 0.6 is 0 Å². The molecule has 0 aliphatic carbocycles. The van der Waals surface area contributed by atoms with Gasteiger partial charge in [-0.25, -0.2) is 0 Å². The number of amides is 1. The first-order valence-electron chi connectivity index (χ1n) is 10.9. The molecule has 33 heavy (non-hydrogen) atoms. The predicted octanol–water partition coefficient (Wildman–Crippen LogP) is 4.34. The Balaban J connectivity index is 0.00000306. The van der Waals surface area contributed by atoms with Crippen molar-refractivity contribution in [2.75, 3.05) is 17.3 Å². The van der Waals surface area contributed by atoms with Crippen LogP contribution in [0.4, 0.5) is 11.4 Å². The van der Waals surface area contributed by atoms with Gasteiger partial charge < -0.3 is 10.2 Å². The maximum absolute atomic E-state index is 12.5. The van der Waals surface area contributed by atoms with E-state index in [4.69, 9.17) is 10.2 Å². The van der Waals surface area contributed by atoms with E-state index in [9.17, 15) is 4.79 Å². The normalized spacial score (nSPS) is 15.0. The SMILES string of the molecule is C.Cc1nc(CCc2cnn(Cc3ccc(C#N)cc3)c2)cc2c1NC(=O)[C@H](C(C)C)N2C. The molecule has 0 bridgehead atoms. The van der Waals surface area contributed by atoms with Gasteiger partial charge in [0.05, 0.1) is 41.4 Å². The second-order valence-corrected chi connectivity index (χ2v) is 8.74. The lowest BCUT2D eigenvalue weighted by Gasteiger charge is -2.38. The minimum atomic E-state index is -0.183. The minimum absolute atomic E-state index is 0. The number of anilines is 2. The van der Waals surface area contributed by atoms with Gasteiger partial charge in [-0.15, -0.1) is 0 Å². The number of nitriles is 1. The fourth-order valence-electron chi connectivity index (χ4n) is 4.32. The first kappa shape index (κ1) is 24.0. The van der Waals surface area contributed by atoms with Crippen LogP contribution in [0, 0.1) is 24.2 Å². The molecule has 1 aliphatic heterocycles. The zero-order valence-electron chi connectivity index (χ0n) is 19.0. The van der Waals surface area contributed by atoms with Crippen molar-refractivity contribution in [1.29, 1.82) is 5.26 Å². The van der Waals surface area contributed by atoms with Crippen molar-refractivity contribution < 1.29 is 4.79 Å². The molecule has 7 heteroatoms. The number of benzene rings is 1. The minimum Gasteiger partial charge on any atom is -0.361 e. The van der Waals surface area contributed by atoms with E-state index in [0.717, 1.165) is 46.7 Å². The van der Waals surface area contributed by atoms with Crippen molar-refractivity contribution in [2.24, 2.45) is 5.92 Å². The van der Waals surface area contributed by atoms with Gasteiger partial charge in [0.1, 0.15) is 6.04 Å². The fraction of sp³-hybridized carbons (Fsp3) is 0.385. The molecule has 1 aliphatic rings. The highest BCUT2D eigenvalue weighted by Gasteiger charge is 2.34. The number of hydrogen-bond acceptors (Lipinski definition) is 5. The van der Waals surface area contributed by atoms with Crippen molar-refractivity contribution in [3.63, 3.8) is 0 Å². The summed E-state index contributed by atoms with van der Waals surface area (Å²) in [6, 6.07) is 11.6. The number of pyridine rings is 1. The number of likely N-dealkylation sites (N-methyl/N-ethyl adjacent to an activating group) is 1. The first-order chi connectivity index (χ1) is 15.4. The molecular weight excluding hydrogens is 412 g/mol. The predicted molar refractivity (Wildman–Crippen MR) is 131 cm³/mol. The first-order valence-corrected chi connectivity index (χ1v) is 10.9. The molecule has 0 fully saturated rings. The van der Waals surface area contributed by atoms with Crippen LogP contribution in [0.2, 0.25) is 0 Å². The lowest BCUT2D eigenvalue weighted by atomic mass is 9.97. The quantitative estimate of drug-likeness (QED) is 0.611.